The molecule has 0 saturated heterocycles. The molecule has 0 amide bonds. The third kappa shape index (κ3) is 2.87. The molecule has 1 aromatic rings. The molecular formula is C10H8Cl2N3O2. The highest BCUT2D eigenvalue weighted by Gasteiger charge is 2.15. The number of alkyl halides is 2. The minimum Gasteiger partial charge on any atom is -0.460 e. The first-order chi connectivity index (χ1) is 8.20. The summed E-state index contributed by atoms with van der Waals surface area (Å²) in [6.07, 6.45) is 0. The molecule has 0 aromatic heterocycles. The fraction of sp³-hybridized carbons (Fsp3) is 0.300. The van der Waals surface area contributed by atoms with E-state index in [1.807, 2.05) is 0 Å². The number of benzene rings is 1. The van der Waals surface area contributed by atoms with Crippen LogP contribution < -0.4 is 5.43 Å². The van der Waals surface area contributed by atoms with Gasteiger partial charge in [-0.3, -0.25) is 0 Å². The summed E-state index contributed by atoms with van der Waals surface area (Å²) < 4.78 is 4.98. The normalized spacial score (nSPS) is 14.0. The van der Waals surface area contributed by atoms with E-state index in [1.165, 1.54) is 0 Å². The van der Waals surface area contributed by atoms with Crippen LogP contribution in [0.5, 0.6) is 0 Å². The van der Waals surface area contributed by atoms with Crippen LogP contribution in [-0.2, 0) is 4.74 Å². The van der Waals surface area contributed by atoms with Gasteiger partial charge in [0.2, 0.25) is 0 Å². The highest BCUT2D eigenvalue weighted by molar-refractivity contribution is 6.28. The molecule has 1 aromatic carbocycles. The molecule has 7 heteroatoms. The van der Waals surface area contributed by atoms with Gasteiger partial charge in [0, 0.05) is 5.88 Å². The molecule has 0 fully saturated rings. The van der Waals surface area contributed by atoms with E-state index >= 15 is 0 Å². The maximum atomic E-state index is 11.6. The van der Waals surface area contributed by atoms with Gasteiger partial charge in [0.05, 0.1) is 10.9 Å². The third-order valence-corrected chi connectivity index (χ3v) is 2.89. The minimum absolute atomic E-state index is 0.0763. The SMILES string of the molecule is O=C(OCC(Cl)CCl)c1ccc2c(c1)N=N[N]2. The molecule has 2 rings (SSSR count). The Morgan fingerprint density at radius 3 is 3.00 bits per heavy atom. The van der Waals surface area contributed by atoms with Crippen LogP contribution in [0.3, 0.4) is 0 Å². The van der Waals surface area contributed by atoms with Crippen LogP contribution in [0.4, 0.5) is 11.4 Å². The van der Waals surface area contributed by atoms with E-state index in [-0.39, 0.29) is 17.9 Å². The van der Waals surface area contributed by atoms with Crippen molar-refractivity contribution in [1.82, 2.24) is 5.43 Å². The number of ether oxygens (including phenoxy) is 1. The van der Waals surface area contributed by atoms with E-state index < -0.39 is 5.97 Å². The van der Waals surface area contributed by atoms with Gasteiger partial charge in [-0.05, 0) is 23.4 Å². The van der Waals surface area contributed by atoms with E-state index in [2.05, 4.69) is 15.8 Å². The fourth-order valence-electron chi connectivity index (χ4n) is 1.23. The van der Waals surface area contributed by atoms with Crippen molar-refractivity contribution in [3.8, 4) is 0 Å². The molecular weight excluding hydrogens is 265 g/mol. The van der Waals surface area contributed by atoms with Gasteiger partial charge >= 0.3 is 5.97 Å². The number of halogens is 2. The number of carbonyl (C=O) groups excluding carboxylic acids is 1. The predicted octanol–water partition coefficient (Wildman–Crippen LogP) is 2.94. The maximum Gasteiger partial charge on any atom is 0.338 e. The fourth-order valence-corrected chi connectivity index (χ4v) is 1.38. The first-order valence-electron chi connectivity index (χ1n) is 4.83. The van der Waals surface area contributed by atoms with Gasteiger partial charge in [0.15, 0.2) is 0 Å². The Morgan fingerprint density at radius 2 is 2.24 bits per heavy atom. The smallest absolute Gasteiger partial charge is 0.338 e. The first kappa shape index (κ1) is 12.1. The summed E-state index contributed by atoms with van der Waals surface area (Å²) >= 11 is 11.2. The summed E-state index contributed by atoms with van der Waals surface area (Å²) in [5.41, 5.74) is 5.33. The van der Waals surface area contributed by atoms with Crippen molar-refractivity contribution in [3.63, 3.8) is 0 Å². The topological polar surface area (TPSA) is 65.1 Å². The highest BCUT2D eigenvalue weighted by atomic mass is 35.5. The molecule has 89 valence electrons. The van der Waals surface area contributed by atoms with Gasteiger partial charge in [-0.2, -0.15) is 0 Å². The molecule has 1 aliphatic heterocycles. The van der Waals surface area contributed by atoms with Crippen LogP contribution in [0.15, 0.2) is 28.5 Å². The van der Waals surface area contributed by atoms with Crippen molar-refractivity contribution in [2.75, 3.05) is 12.5 Å². The lowest BCUT2D eigenvalue weighted by molar-refractivity contribution is 0.0509. The highest BCUT2D eigenvalue weighted by Crippen LogP contribution is 2.31. The number of carbonyl (C=O) groups is 1. The van der Waals surface area contributed by atoms with Gasteiger partial charge in [-0.1, -0.05) is 0 Å². The van der Waals surface area contributed by atoms with Crippen molar-refractivity contribution in [3.05, 3.63) is 23.8 Å². The molecule has 1 atom stereocenters. The molecule has 0 N–H and O–H groups in total. The summed E-state index contributed by atoms with van der Waals surface area (Å²) in [7, 11) is 0. The molecule has 5 nitrogen and oxygen atoms in total. The Morgan fingerprint density at radius 1 is 1.41 bits per heavy atom. The van der Waals surface area contributed by atoms with E-state index in [4.69, 9.17) is 27.9 Å². The standard InChI is InChI=1S/C10H8Cl2N3O2/c11-4-7(12)5-17-10(16)6-1-2-8-9(3-6)14-15-13-8/h1-3,7H,4-5H2. The van der Waals surface area contributed by atoms with Crippen molar-refractivity contribution >= 4 is 40.5 Å². The van der Waals surface area contributed by atoms with Crippen LogP contribution in [0.2, 0.25) is 0 Å². The average Bonchev–Trinajstić information content (AvgIpc) is 2.82. The number of nitrogens with zero attached hydrogens (tertiary/aromatic N) is 3. The lowest BCUT2D eigenvalue weighted by Crippen LogP contribution is -2.15. The second-order valence-corrected chi connectivity index (χ2v) is 4.27. The first-order valence-corrected chi connectivity index (χ1v) is 5.81. The molecule has 0 bridgehead atoms. The van der Waals surface area contributed by atoms with E-state index in [0.29, 0.717) is 16.9 Å². The van der Waals surface area contributed by atoms with Gasteiger partial charge in [0.25, 0.3) is 0 Å². The molecule has 1 aliphatic rings. The molecule has 1 radical (unpaired) electrons. The summed E-state index contributed by atoms with van der Waals surface area (Å²) in [5, 5.41) is 6.87. The van der Waals surface area contributed by atoms with Crippen molar-refractivity contribution < 1.29 is 9.53 Å². The van der Waals surface area contributed by atoms with Crippen LogP contribution in [0, 0.1) is 0 Å². The summed E-state index contributed by atoms with van der Waals surface area (Å²) in [6.45, 7) is 0.0763. The Hall–Kier alpha value is -1.33. The zero-order valence-electron chi connectivity index (χ0n) is 8.64. The number of hydrogen-bond donors (Lipinski definition) is 0. The molecule has 0 aliphatic carbocycles. The maximum absolute atomic E-state index is 11.6. The largest absolute Gasteiger partial charge is 0.460 e. The number of esters is 1. The quantitative estimate of drug-likeness (QED) is 0.625. The van der Waals surface area contributed by atoms with Crippen LogP contribution in [-0.4, -0.2) is 23.8 Å². The average molecular weight is 273 g/mol. The van der Waals surface area contributed by atoms with Crippen molar-refractivity contribution in [1.29, 1.82) is 0 Å². The van der Waals surface area contributed by atoms with Crippen molar-refractivity contribution in [2.45, 2.75) is 5.38 Å². The summed E-state index contributed by atoms with van der Waals surface area (Å²) in [6, 6.07) is 4.83. The molecule has 17 heavy (non-hydrogen) atoms. The van der Waals surface area contributed by atoms with Gasteiger partial charge in [-0.15, -0.1) is 33.7 Å². The lowest BCUT2D eigenvalue weighted by atomic mass is 10.2. The van der Waals surface area contributed by atoms with Gasteiger partial charge < -0.3 is 4.74 Å². The lowest BCUT2D eigenvalue weighted by Gasteiger charge is -2.07. The number of rotatable bonds is 4. The predicted molar refractivity (Wildman–Crippen MR) is 63.4 cm³/mol. The summed E-state index contributed by atoms with van der Waals surface area (Å²) in [4.78, 5) is 11.6. The van der Waals surface area contributed by atoms with Crippen molar-refractivity contribution in [2.24, 2.45) is 10.3 Å². The Balaban J connectivity index is 2.02. The second-order valence-electron chi connectivity index (χ2n) is 3.34. The molecule has 0 saturated carbocycles. The van der Waals surface area contributed by atoms with E-state index in [1.54, 1.807) is 18.2 Å². The van der Waals surface area contributed by atoms with E-state index in [0.717, 1.165) is 0 Å². The third-order valence-electron chi connectivity index (χ3n) is 2.08. The number of hydrogen-bond acceptors (Lipinski definition) is 4. The molecule has 1 heterocycles. The summed E-state index contributed by atoms with van der Waals surface area (Å²) in [5.74, 6) is -0.239. The number of fused-ring (bicyclic) bond motifs is 1. The van der Waals surface area contributed by atoms with Crippen LogP contribution in [0.1, 0.15) is 10.4 Å². The van der Waals surface area contributed by atoms with Crippen LogP contribution >= 0.6 is 23.2 Å². The van der Waals surface area contributed by atoms with Gasteiger partial charge in [-0.25, -0.2) is 4.79 Å². The molecule has 0 spiro atoms. The minimum atomic E-state index is -0.467. The van der Waals surface area contributed by atoms with E-state index in [9.17, 15) is 4.79 Å². The zero-order chi connectivity index (χ0) is 12.3. The monoisotopic (exact) mass is 272 g/mol. The zero-order valence-corrected chi connectivity index (χ0v) is 10.1. The Kier molecular flexibility index (Phi) is 3.81. The Bertz CT molecular complexity index is 465. The second kappa shape index (κ2) is 5.33. The van der Waals surface area contributed by atoms with Gasteiger partial charge in [0.1, 0.15) is 18.0 Å². The van der Waals surface area contributed by atoms with Crippen LogP contribution in [0.25, 0.3) is 0 Å². The molecule has 1 unspecified atom stereocenters. The Labute approximate surface area is 108 Å².